The van der Waals surface area contributed by atoms with Crippen molar-refractivity contribution in [1.29, 1.82) is 0 Å². The molecule has 0 saturated carbocycles. The molecule has 3 N–H and O–H groups in total. The number of hydrogen-bond acceptors (Lipinski definition) is 5. The number of ether oxygens (including phenoxy) is 2. The van der Waals surface area contributed by atoms with Gasteiger partial charge in [-0.15, -0.1) is 0 Å². The molecule has 164 valence electrons. The maximum absolute atomic E-state index is 11.1. The SMILES string of the molecule is CCN(C(=O)O)c1cccc(Oc2ccccc2)c1.CCOC(CCC(=O)O)NC. The van der Waals surface area contributed by atoms with E-state index in [-0.39, 0.29) is 12.6 Å². The molecule has 1 atom stereocenters. The second kappa shape index (κ2) is 14.0. The van der Waals surface area contributed by atoms with Crippen LogP contribution in [0.4, 0.5) is 10.5 Å². The summed E-state index contributed by atoms with van der Waals surface area (Å²) >= 11 is 0. The molecule has 0 fully saturated rings. The van der Waals surface area contributed by atoms with E-state index < -0.39 is 12.1 Å². The number of amides is 1. The average Bonchev–Trinajstić information content (AvgIpc) is 2.73. The number of aliphatic carboxylic acids is 1. The third-order valence-corrected chi connectivity index (χ3v) is 3.97. The highest BCUT2D eigenvalue weighted by atomic mass is 16.5. The number of para-hydroxylation sites is 1. The highest BCUT2D eigenvalue weighted by Gasteiger charge is 2.12. The predicted octanol–water partition coefficient (Wildman–Crippen LogP) is 4.42. The van der Waals surface area contributed by atoms with Crippen LogP contribution in [0.25, 0.3) is 0 Å². The highest BCUT2D eigenvalue weighted by Crippen LogP contribution is 2.25. The molecular formula is C22H30N2O6. The zero-order valence-electron chi connectivity index (χ0n) is 17.6. The molecule has 0 aromatic heterocycles. The van der Waals surface area contributed by atoms with Gasteiger partial charge in [-0.05, 0) is 51.6 Å². The number of nitrogens with one attached hydrogen (secondary N) is 1. The van der Waals surface area contributed by atoms with Gasteiger partial charge in [0.15, 0.2) is 0 Å². The zero-order chi connectivity index (χ0) is 22.4. The summed E-state index contributed by atoms with van der Waals surface area (Å²) in [5, 5.41) is 20.3. The molecule has 0 spiro atoms. The first kappa shape index (κ1) is 24.9. The first-order valence-corrected chi connectivity index (χ1v) is 9.75. The summed E-state index contributed by atoms with van der Waals surface area (Å²) in [5.41, 5.74) is 0.600. The Kier molecular flexibility index (Phi) is 11.6. The van der Waals surface area contributed by atoms with Crippen LogP contribution in [0.5, 0.6) is 11.5 Å². The van der Waals surface area contributed by atoms with Crippen molar-refractivity contribution in [3.8, 4) is 11.5 Å². The minimum atomic E-state index is -0.973. The van der Waals surface area contributed by atoms with Gasteiger partial charge in [-0.3, -0.25) is 15.0 Å². The van der Waals surface area contributed by atoms with Gasteiger partial charge in [0.2, 0.25) is 0 Å². The summed E-state index contributed by atoms with van der Waals surface area (Å²) < 4.78 is 10.8. The van der Waals surface area contributed by atoms with Crippen LogP contribution in [0.3, 0.4) is 0 Å². The molecule has 0 aliphatic heterocycles. The average molecular weight is 418 g/mol. The van der Waals surface area contributed by atoms with E-state index in [1.165, 1.54) is 4.90 Å². The summed E-state index contributed by atoms with van der Waals surface area (Å²) in [7, 11) is 1.75. The number of anilines is 1. The molecule has 0 saturated heterocycles. The van der Waals surface area contributed by atoms with Gasteiger partial charge in [-0.25, -0.2) is 4.79 Å². The van der Waals surface area contributed by atoms with Crippen LogP contribution in [0, 0.1) is 0 Å². The Balaban J connectivity index is 0.000000352. The molecule has 0 bridgehead atoms. The lowest BCUT2D eigenvalue weighted by Crippen LogP contribution is -2.28. The van der Waals surface area contributed by atoms with Gasteiger partial charge in [-0.1, -0.05) is 24.3 Å². The second-order valence-corrected chi connectivity index (χ2v) is 6.10. The summed E-state index contributed by atoms with van der Waals surface area (Å²) in [6.45, 7) is 4.67. The smallest absolute Gasteiger partial charge is 0.411 e. The van der Waals surface area contributed by atoms with E-state index in [4.69, 9.17) is 19.7 Å². The molecule has 8 nitrogen and oxygen atoms in total. The Bertz CT molecular complexity index is 769. The van der Waals surface area contributed by atoms with Gasteiger partial charge >= 0.3 is 12.1 Å². The molecule has 0 heterocycles. The normalized spacial score (nSPS) is 11.0. The van der Waals surface area contributed by atoms with E-state index in [2.05, 4.69) is 5.32 Å². The number of benzene rings is 2. The quantitative estimate of drug-likeness (QED) is 0.490. The monoisotopic (exact) mass is 418 g/mol. The minimum Gasteiger partial charge on any atom is -0.481 e. The molecule has 0 radical (unpaired) electrons. The lowest BCUT2D eigenvalue weighted by Gasteiger charge is -2.17. The van der Waals surface area contributed by atoms with Gasteiger partial charge in [-0.2, -0.15) is 0 Å². The van der Waals surface area contributed by atoms with Crippen molar-refractivity contribution < 1.29 is 29.3 Å². The van der Waals surface area contributed by atoms with Crippen LogP contribution in [0.2, 0.25) is 0 Å². The predicted molar refractivity (Wildman–Crippen MR) is 115 cm³/mol. The second-order valence-electron chi connectivity index (χ2n) is 6.10. The molecule has 30 heavy (non-hydrogen) atoms. The largest absolute Gasteiger partial charge is 0.481 e. The van der Waals surface area contributed by atoms with Gasteiger partial charge in [0, 0.05) is 25.6 Å². The van der Waals surface area contributed by atoms with Crippen LogP contribution in [-0.2, 0) is 9.53 Å². The third-order valence-electron chi connectivity index (χ3n) is 3.97. The van der Waals surface area contributed by atoms with E-state index in [1.807, 2.05) is 37.3 Å². The summed E-state index contributed by atoms with van der Waals surface area (Å²) in [6, 6.07) is 16.4. The summed E-state index contributed by atoms with van der Waals surface area (Å²) in [4.78, 5) is 22.5. The van der Waals surface area contributed by atoms with Crippen LogP contribution in [0.15, 0.2) is 54.6 Å². The molecule has 2 aromatic carbocycles. The maximum Gasteiger partial charge on any atom is 0.411 e. The van der Waals surface area contributed by atoms with E-state index in [0.29, 0.717) is 31.0 Å². The van der Waals surface area contributed by atoms with E-state index in [1.54, 1.807) is 38.2 Å². The van der Waals surface area contributed by atoms with Crippen LogP contribution in [-0.4, -0.2) is 48.7 Å². The topological polar surface area (TPSA) is 108 Å². The van der Waals surface area contributed by atoms with Crippen molar-refractivity contribution in [3.63, 3.8) is 0 Å². The van der Waals surface area contributed by atoms with Crippen molar-refractivity contribution in [2.45, 2.75) is 32.9 Å². The van der Waals surface area contributed by atoms with Crippen LogP contribution in [0.1, 0.15) is 26.7 Å². The van der Waals surface area contributed by atoms with Crippen LogP contribution >= 0.6 is 0 Å². The standard InChI is InChI=1S/C15H15NO3.C7H15NO3/c1-2-16(15(17)18)12-7-6-10-14(11-12)19-13-8-4-3-5-9-13;1-3-11-6(8-2)4-5-7(9)10/h3-11H,2H2,1H3,(H,17,18);6,8H,3-5H2,1-2H3,(H,9,10). The molecule has 8 heteroatoms. The number of hydrogen-bond donors (Lipinski definition) is 3. The van der Waals surface area contributed by atoms with E-state index in [9.17, 15) is 9.59 Å². The molecular weight excluding hydrogens is 388 g/mol. The Hall–Kier alpha value is -3.10. The fraction of sp³-hybridized carbons (Fsp3) is 0.364. The number of carbonyl (C=O) groups is 2. The molecule has 2 aromatic rings. The Morgan fingerprint density at radius 1 is 1.03 bits per heavy atom. The molecule has 2 rings (SSSR count). The third kappa shape index (κ3) is 9.40. The first-order chi connectivity index (χ1) is 14.4. The van der Waals surface area contributed by atoms with Crippen molar-refractivity contribution in [1.82, 2.24) is 5.32 Å². The fourth-order valence-corrected chi connectivity index (χ4v) is 2.53. The van der Waals surface area contributed by atoms with Crippen LogP contribution < -0.4 is 15.0 Å². The fourth-order valence-electron chi connectivity index (χ4n) is 2.53. The maximum atomic E-state index is 11.1. The lowest BCUT2D eigenvalue weighted by molar-refractivity contribution is -0.138. The minimum absolute atomic E-state index is 0.129. The summed E-state index contributed by atoms with van der Waals surface area (Å²) in [6.07, 6.45) is -0.444. The van der Waals surface area contributed by atoms with Gasteiger partial charge in [0.05, 0.1) is 5.69 Å². The van der Waals surface area contributed by atoms with Crippen molar-refractivity contribution in [2.24, 2.45) is 0 Å². The Labute approximate surface area is 177 Å². The van der Waals surface area contributed by atoms with Crippen molar-refractivity contribution >= 4 is 17.7 Å². The number of rotatable bonds is 10. The zero-order valence-corrected chi connectivity index (χ0v) is 17.6. The van der Waals surface area contributed by atoms with Crippen molar-refractivity contribution in [3.05, 3.63) is 54.6 Å². The molecule has 1 unspecified atom stereocenters. The van der Waals surface area contributed by atoms with E-state index >= 15 is 0 Å². The lowest BCUT2D eigenvalue weighted by atomic mass is 10.2. The number of carboxylic acids is 1. The molecule has 1 amide bonds. The molecule has 0 aliphatic rings. The first-order valence-electron chi connectivity index (χ1n) is 9.75. The van der Waals surface area contributed by atoms with E-state index in [0.717, 1.165) is 5.75 Å². The Morgan fingerprint density at radius 3 is 2.23 bits per heavy atom. The Morgan fingerprint density at radius 2 is 1.70 bits per heavy atom. The number of carboxylic acid groups (broad SMARTS) is 2. The van der Waals surface area contributed by atoms with Gasteiger partial charge in [0.1, 0.15) is 17.7 Å². The van der Waals surface area contributed by atoms with Gasteiger partial charge in [0.25, 0.3) is 0 Å². The van der Waals surface area contributed by atoms with Crippen molar-refractivity contribution in [2.75, 3.05) is 25.1 Å². The van der Waals surface area contributed by atoms with Gasteiger partial charge < -0.3 is 19.7 Å². The molecule has 0 aliphatic carbocycles. The summed E-state index contributed by atoms with van der Waals surface area (Å²) in [5.74, 6) is 0.548. The highest BCUT2D eigenvalue weighted by molar-refractivity contribution is 5.86. The number of nitrogens with zero attached hydrogens (tertiary/aromatic N) is 1.